The van der Waals surface area contributed by atoms with Gasteiger partial charge >= 0.3 is 6.61 Å². The smallest absolute Gasteiger partial charge is 0.387 e. The molecule has 0 spiro atoms. The predicted molar refractivity (Wildman–Crippen MR) is 116 cm³/mol. The monoisotopic (exact) mass is 448 g/mol. The lowest BCUT2D eigenvalue weighted by atomic mass is 10.1. The summed E-state index contributed by atoms with van der Waals surface area (Å²) >= 11 is 0. The first-order valence-electron chi connectivity index (χ1n) is 10.0. The first-order valence-corrected chi connectivity index (χ1v) is 10.0. The van der Waals surface area contributed by atoms with Gasteiger partial charge < -0.3 is 10.1 Å². The molecule has 4 heterocycles. The minimum atomic E-state index is -2.85. The highest BCUT2D eigenvalue weighted by atomic mass is 19.3. The second-order valence-electron chi connectivity index (χ2n) is 7.19. The van der Waals surface area contributed by atoms with Gasteiger partial charge in [0.05, 0.1) is 11.9 Å². The van der Waals surface area contributed by atoms with Crippen LogP contribution in [0.2, 0.25) is 0 Å². The molecule has 9 nitrogen and oxygen atoms in total. The summed E-state index contributed by atoms with van der Waals surface area (Å²) in [5.74, 6) is 2.07. The molecule has 0 bridgehead atoms. The number of alkyl halides is 2. The standard InChI is InChI=1S/C22H18F2N8O/c1-31-18(7-10-26-31)28-22-25-9-6-17(27-22)15-8-11-32-19(29-30-20(32)13-15)12-14-2-4-16(5-3-14)33-21(23)24/h2-11,13,21H,12H2,1H3,(H,25,27,28). The van der Waals surface area contributed by atoms with Gasteiger partial charge in [0, 0.05) is 37.5 Å². The molecule has 0 atom stereocenters. The number of hydrogen-bond donors (Lipinski definition) is 1. The summed E-state index contributed by atoms with van der Waals surface area (Å²) in [6.45, 7) is -2.85. The Balaban J connectivity index is 1.36. The van der Waals surface area contributed by atoms with Crippen molar-refractivity contribution in [2.75, 3.05) is 5.32 Å². The lowest BCUT2D eigenvalue weighted by Crippen LogP contribution is -2.03. The molecule has 0 radical (unpaired) electrons. The number of ether oxygens (including phenoxy) is 1. The molecule has 0 aliphatic heterocycles. The molecule has 11 heteroatoms. The minimum Gasteiger partial charge on any atom is -0.435 e. The van der Waals surface area contributed by atoms with E-state index in [-0.39, 0.29) is 5.75 Å². The molecule has 4 aromatic heterocycles. The first-order chi connectivity index (χ1) is 16.0. The topological polar surface area (TPSA) is 95.1 Å². The molecule has 0 aliphatic rings. The molecule has 33 heavy (non-hydrogen) atoms. The normalized spacial score (nSPS) is 11.3. The Bertz CT molecular complexity index is 1400. The van der Waals surface area contributed by atoms with Crippen molar-refractivity contribution in [3.8, 4) is 17.0 Å². The van der Waals surface area contributed by atoms with Crippen LogP contribution in [0.15, 0.2) is 67.1 Å². The van der Waals surface area contributed by atoms with E-state index >= 15 is 0 Å². The second kappa shape index (κ2) is 8.61. The minimum absolute atomic E-state index is 0.117. The van der Waals surface area contributed by atoms with E-state index in [0.29, 0.717) is 18.0 Å². The number of pyridine rings is 1. The number of halogens is 2. The van der Waals surface area contributed by atoms with E-state index in [4.69, 9.17) is 0 Å². The van der Waals surface area contributed by atoms with Crippen molar-refractivity contribution in [2.24, 2.45) is 7.05 Å². The van der Waals surface area contributed by atoms with Gasteiger partial charge in [-0.05, 0) is 35.9 Å². The summed E-state index contributed by atoms with van der Waals surface area (Å²) in [6.07, 6.45) is 5.74. The van der Waals surface area contributed by atoms with Gasteiger partial charge in [-0.15, -0.1) is 10.2 Å². The quantitative estimate of drug-likeness (QED) is 0.404. The highest BCUT2D eigenvalue weighted by Gasteiger charge is 2.11. The van der Waals surface area contributed by atoms with E-state index in [0.717, 1.165) is 28.5 Å². The van der Waals surface area contributed by atoms with Gasteiger partial charge in [-0.1, -0.05) is 12.1 Å². The van der Waals surface area contributed by atoms with Crippen molar-refractivity contribution in [3.63, 3.8) is 0 Å². The van der Waals surface area contributed by atoms with E-state index in [1.807, 2.05) is 41.9 Å². The zero-order valence-electron chi connectivity index (χ0n) is 17.4. The van der Waals surface area contributed by atoms with Gasteiger partial charge in [0.15, 0.2) is 5.65 Å². The summed E-state index contributed by atoms with van der Waals surface area (Å²) in [4.78, 5) is 8.85. The van der Waals surface area contributed by atoms with Crippen molar-refractivity contribution in [3.05, 3.63) is 78.5 Å². The van der Waals surface area contributed by atoms with Crippen molar-refractivity contribution in [2.45, 2.75) is 13.0 Å². The molecule has 0 unspecified atom stereocenters. The average Bonchev–Trinajstić information content (AvgIpc) is 3.40. The number of rotatable bonds is 7. The number of benzene rings is 1. The Hall–Kier alpha value is -4.41. The molecule has 0 aliphatic carbocycles. The van der Waals surface area contributed by atoms with E-state index in [1.54, 1.807) is 29.2 Å². The summed E-state index contributed by atoms with van der Waals surface area (Å²) in [5.41, 5.74) is 3.17. The number of hydrogen-bond acceptors (Lipinski definition) is 7. The Labute approximate surface area is 186 Å². The molecule has 1 N–H and O–H groups in total. The molecule has 5 aromatic rings. The zero-order chi connectivity index (χ0) is 22.8. The van der Waals surface area contributed by atoms with Gasteiger partial charge in [-0.25, -0.2) is 9.97 Å². The Morgan fingerprint density at radius 3 is 2.64 bits per heavy atom. The van der Waals surface area contributed by atoms with Gasteiger partial charge in [0.2, 0.25) is 5.95 Å². The zero-order valence-corrected chi connectivity index (χ0v) is 17.4. The van der Waals surface area contributed by atoms with Crippen LogP contribution in [0.4, 0.5) is 20.5 Å². The number of aromatic nitrogens is 7. The maximum absolute atomic E-state index is 12.3. The van der Waals surface area contributed by atoms with Crippen LogP contribution in [0.25, 0.3) is 16.9 Å². The van der Waals surface area contributed by atoms with Crippen LogP contribution in [0, 0.1) is 0 Å². The number of nitrogens with one attached hydrogen (secondary N) is 1. The average molecular weight is 448 g/mol. The SMILES string of the molecule is Cn1nccc1Nc1nccc(-c2ccn3c(Cc4ccc(OC(F)F)cc4)nnc3c2)n1. The van der Waals surface area contributed by atoms with Gasteiger partial charge in [0.25, 0.3) is 0 Å². The third-order valence-corrected chi connectivity index (χ3v) is 5.00. The van der Waals surface area contributed by atoms with Gasteiger partial charge in [-0.2, -0.15) is 13.9 Å². The van der Waals surface area contributed by atoms with E-state index < -0.39 is 6.61 Å². The highest BCUT2D eigenvalue weighted by molar-refractivity contribution is 5.65. The number of nitrogens with zero attached hydrogens (tertiary/aromatic N) is 7. The summed E-state index contributed by atoms with van der Waals surface area (Å²) in [6, 6.07) is 13.9. The molecule has 1 aromatic carbocycles. The van der Waals surface area contributed by atoms with Crippen molar-refractivity contribution < 1.29 is 13.5 Å². The summed E-state index contributed by atoms with van der Waals surface area (Å²) in [7, 11) is 1.83. The first kappa shape index (κ1) is 20.5. The molecule has 0 amide bonds. The highest BCUT2D eigenvalue weighted by Crippen LogP contribution is 2.22. The maximum Gasteiger partial charge on any atom is 0.387 e. The van der Waals surface area contributed by atoms with Crippen molar-refractivity contribution in [1.82, 2.24) is 34.3 Å². The lowest BCUT2D eigenvalue weighted by Gasteiger charge is -2.07. The van der Waals surface area contributed by atoms with Crippen molar-refractivity contribution >= 4 is 17.4 Å². The fraction of sp³-hybridized carbons (Fsp3) is 0.136. The number of anilines is 2. The second-order valence-corrected chi connectivity index (χ2v) is 7.19. The van der Waals surface area contributed by atoms with Crippen molar-refractivity contribution in [1.29, 1.82) is 0 Å². The molecule has 5 rings (SSSR count). The third kappa shape index (κ3) is 4.47. The fourth-order valence-electron chi connectivity index (χ4n) is 3.38. The van der Waals surface area contributed by atoms with Crippen LogP contribution < -0.4 is 10.1 Å². The maximum atomic E-state index is 12.3. The molecular weight excluding hydrogens is 430 g/mol. The Kier molecular flexibility index (Phi) is 5.35. The van der Waals surface area contributed by atoms with E-state index in [9.17, 15) is 8.78 Å². The summed E-state index contributed by atoms with van der Waals surface area (Å²) < 4.78 is 32.6. The lowest BCUT2D eigenvalue weighted by molar-refractivity contribution is -0.0498. The van der Waals surface area contributed by atoms with E-state index in [1.165, 1.54) is 12.1 Å². The largest absolute Gasteiger partial charge is 0.435 e. The van der Waals surface area contributed by atoms with Crippen LogP contribution in [0.1, 0.15) is 11.4 Å². The van der Waals surface area contributed by atoms with Crippen LogP contribution in [-0.4, -0.2) is 41.0 Å². The van der Waals surface area contributed by atoms with Crippen LogP contribution in [0.5, 0.6) is 5.75 Å². The molecule has 0 saturated carbocycles. The molecule has 0 saturated heterocycles. The Morgan fingerprint density at radius 1 is 1.03 bits per heavy atom. The van der Waals surface area contributed by atoms with E-state index in [2.05, 4.69) is 35.3 Å². The third-order valence-electron chi connectivity index (χ3n) is 5.00. The van der Waals surface area contributed by atoms with Crippen LogP contribution >= 0.6 is 0 Å². The molecule has 0 fully saturated rings. The number of fused-ring (bicyclic) bond motifs is 1. The molecular formula is C22H18F2N8O. The van der Waals surface area contributed by atoms with Crippen LogP contribution in [0.3, 0.4) is 0 Å². The number of aryl methyl sites for hydroxylation is 1. The Morgan fingerprint density at radius 2 is 1.88 bits per heavy atom. The van der Waals surface area contributed by atoms with Gasteiger partial charge in [0.1, 0.15) is 17.4 Å². The molecule has 166 valence electrons. The van der Waals surface area contributed by atoms with Gasteiger partial charge in [-0.3, -0.25) is 9.08 Å². The predicted octanol–water partition coefficient (Wildman–Crippen LogP) is 3.86. The van der Waals surface area contributed by atoms with Crippen LogP contribution in [-0.2, 0) is 13.5 Å². The summed E-state index contributed by atoms with van der Waals surface area (Å²) in [5, 5.41) is 15.8. The fourth-order valence-corrected chi connectivity index (χ4v) is 3.38.